The van der Waals surface area contributed by atoms with Gasteiger partial charge in [0.15, 0.2) is 5.78 Å². The van der Waals surface area contributed by atoms with Crippen molar-refractivity contribution < 1.29 is 19.2 Å². The lowest BCUT2D eigenvalue weighted by atomic mass is 9.82. The number of nitrogens with zero attached hydrogens (tertiary/aromatic N) is 2. The Kier molecular flexibility index (Phi) is 8.10. The topological polar surface area (TPSA) is 74.8 Å². The third-order valence-electron chi connectivity index (χ3n) is 6.50. The lowest BCUT2D eigenvalue weighted by molar-refractivity contribution is -0.156. The van der Waals surface area contributed by atoms with E-state index in [9.17, 15) is 19.2 Å². The van der Waals surface area contributed by atoms with Crippen LogP contribution in [0.1, 0.15) is 46.9 Å². The van der Waals surface area contributed by atoms with E-state index in [1.165, 1.54) is 30.3 Å². The standard InChI is InChI=1S/C26H22Cl4N2O4/c1-14-2-8-18-19(12-14)26(36)32(25(18)35)31(24(34)16-5-9-20(29)21(30)13-16)22(10-11-27)23(33)15-3-6-17(28)7-4-15/h2-7,9,13,18-19,22H,8,10-12H2,1H3/t18-,19+,22+/m0/s1. The normalized spacial score (nSPS) is 20.1. The van der Waals surface area contributed by atoms with Crippen molar-refractivity contribution >= 4 is 69.9 Å². The molecule has 188 valence electrons. The molecule has 0 unspecified atom stereocenters. The van der Waals surface area contributed by atoms with Crippen molar-refractivity contribution in [1.82, 2.24) is 10.0 Å². The molecule has 2 aliphatic rings. The minimum Gasteiger partial charge on any atom is -0.292 e. The largest absolute Gasteiger partial charge is 0.292 e. The summed E-state index contributed by atoms with van der Waals surface area (Å²) in [5, 5.41) is 2.58. The predicted octanol–water partition coefficient (Wildman–Crippen LogP) is 6.23. The van der Waals surface area contributed by atoms with E-state index in [4.69, 9.17) is 46.4 Å². The van der Waals surface area contributed by atoms with Gasteiger partial charge in [-0.1, -0.05) is 46.5 Å². The Bertz CT molecular complexity index is 1260. The zero-order chi connectivity index (χ0) is 26.1. The number of carbonyl (C=O) groups excluding carboxylic acids is 4. The molecular weight excluding hydrogens is 546 g/mol. The van der Waals surface area contributed by atoms with Crippen molar-refractivity contribution in [2.24, 2.45) is 11.8 Å². The summed E-state index contributed by atoms with van der Waals surface area (Å²) in [6.45, 7) is 1.90. The third kappa shape index (κ3) is 5.05. The van der Waals surface area contributed by atoms with Crippen LogP contribution < -0.4 is 0 Å². The number of allylic oxidation sites excluding steroid dienone is 2. The second-order valence-electron chi connectivity index (χ2n) is 8.83. The number of halogens is 4. The molecule has 0 spiro atoms. The molecule has 2 aromatic rings. The van der Waals surface area contributed by atoms with E-state index in [0.29, 0.717) is 17.9 Å². The number of fused-ring (bicyclic) bond motifs is 1. The van der Waals surface area contributed by atoms with E-state index in [-0.39, 0.29) is 33.5 Å². The number of hydrogen-bond acceptors (Lipinski definition) is 4. The van der Waals surface area contributed by atoms with E-state index in [0.717, 1.165) is 15.6 Å². The number of alkyl halides is 1. The van der Waals surface area contributed by atoms with Crippen LogP contribution in [0.25, 0.3) is 0 Å². The Hall–Kier alpha value is -2.38. The molecule has 0 N–H and O–H groups in total. The number of hydrazine groups is 1. The van der Waals surface area contributed by atoms with Crippen molar-refractivity contribution in [3.05, 3.63) is 80.3 Å². The molecule has 6 nitrogen and oxygen atoms in total. The molecule has 3 amide bonds. The Labute approximate surface area is 228 Å². The maximum atomic E-state index is 13.9. The van der Waals surface area contributed by atoms with Gasteiger partial charge in [0.05, 0.1) is 21.9 Å². The zero-order valence-electron chi connectivity index (χ0n) is 19.2. The first-order valence-electron chi connectivity index (χ1n) is 11.3. The molecular formula is C26H22Cl4N2O4. The van der Waals surface area contributed by atoms with Crippen LogP contribution in [-0.2, 0) is 9.59 Å². The van der Waals surface area contributed by atoms with E-state index < -0.39 is 41.4 Å². The zero-order valence-corrected chi connectivity index (χ0v) is 22.2. The fourth-order valence-corrected chi connectivity index (χ4v) is 5.27. The van der Waals surface area contributed by atoms with Gasteiger partial charge in [-0.15, -0.1) is 11.6 Å². The number of carbonyl (C=O) groups is 4. The van der Waals surface area contributed by atoms with Crippen LogP contribution in [0.5, 0.6) is 0 Å². The van der Waals surface area contributed by atoms with Gasteiger partial charge in [0.1, 0.15) is 6.04 Å². The lowest BCUT2D eigenvalue weighted by Gasteiger charge is -2.36. The second-order valence-corrected chi connectivity index (χ2v) is 10.5. The smallest absolute Gasteiger partial charge is 0.273 e. The summed E-state index contributed by atoms with van der Waals surface area (Å²) in [6, 6.07) is 9.12. The second kappa shape index (κ2) is 10.9. The van der Waals surface area contributed by atoms with Crippen LogP contribution in [-0.4, -0.2) is 45.4 Å². The molecule has 0 saturated carbocycles. The van der Waals surface area contributed by atoms with Gasteiger partial charge in [-0.2, -0.15) is 5.01 Å². The lowest BCUT2D eigenvalue weighted by Crippen LogP contribution is -2.57. The Morgan fingerprint density at radius 3 is 2.25 bits per heavy atom. The third-order valence-corrected chi connectivity index (χ3v) is 7.71. The number of rotatable bonds is 7. The van der Waals surface area contributed by atoms with E-state index >= 15 is 0 Å². The molecule has 0 bridgehead atoms. The van der Waals surface area contributed by atoms with E-state index in [1.54, 1.807) is 12.1 Å². The van der Waals surface area contributed by atoms with Crippen LogP contribution in [0.15, 0.2) is 54.1 Å². The van der Waals surface area contributed by atoms with Gasteiger partial charge < -0.3 is 0 Å². The Balaban J connectivity index is 1.82. The Morgan fingerprint density at radius 1 is 0.972 bits per heavy atom. The molecule has 1 heterocycles. The number of Topliss-reactive ketones (excluding diaryl/α,β-unsaturated/α-hetero) is 1. The molecule has 4 rings (SSSR count). The summed E-state index contributed by atoms with van der Waals surface area (Å²) < 4.78 is 0. The summed E-state index contributed by atoms with van der Waals surface area (Å²) in [4.78, 5) is 54.7. The highest BCUT2D eigenvalue weighted by Gasteiger charge is 2.53. The van der Waals surface area contributed by atoms with Crippen LogP contribution >= 0.6 is 46.4 Å². The van der Waals surface area contributed by atoms with Gasteiger partial charge in [-0.3, -0.25) is 19.2 Å². The fourth-order valence-electron chi connectivity index (χ4n) is 4.64. The monoisotopic (exact) mass is 566 g/mol. The van der Waals surface area contributed by atoms with Crippen LogP contribution in [0.2, 0.25) is 15.1 Å². The SMILES string of the molecule is CC1=CC[C@@H]2C(=O)N(N(C(=O)c3ccc(Cl)c(Cl)c3)[C@H](CCCl)C(=O)c3ccc(Cl)cc3)C(=O)[C@@H]2C1. The molecule has 1 fully saturated rings. The summed E-state index contributed by atoms with van der Waals surface area (Å²) in [5.74, 6) is -3.47. The van der Waals surface area contributed by atoms with Crippen LogP contribution in [0.4, 0.5) is 0 Å². The molecule has 10 heteroatoms. The van der Waals surface area contributed by atoms with Crippen molar-refractivity contribution in [2.45, 2.75) is 32.2 Å². The average Bonchev–Trinajstić information content (AvgIpc) is 3.09. The van der Waals surface area contributed by atoms with Crippen molar-refractivity contribution in [1.29, 1.82) is 0 Å². The van der Waals surface area contributed by atoms with Crippen molar-refractivity contribution in [2.75, 3.05) is 5.88 Å². The highest BCUT2D eigenvalue weighted by Crippen LogP contribution is 2.39. The highest BCUT2D eigenvalue weighted by molar-refractivity contribution is 6.42. The fraction of sp³-hybridized carbons (Fsp3) is 0.308. The summed E-state index contributed by atoms with van der Waals surface area (Å²) in [5.41, 5.74) is 1.32. The minimum atomic E-state index is -1.23. The number of hydrogen-bond donors (Lipinski definition) is 0. The van der Waals surface area contributed by atoms with E-state index in [2.05, 4.69) is 0 Å². The predicted molar refractivity (Wildman–Crippen MR) is 139 cm³/mol. The first-order valence-corrected chi connectivity index (χ1v) is 13.0. The summed E-state index contributed by atoms with van der Waals surface area (Å²) >= 11 is 24.2. The minimum absolute atomic E-state index is 0.000250. The van der Waals surface area contributed by atoms with Crippen LogP contribution in [0, 0.1) is 11.8 Å². The average molecular weight is 568 g/mol. The Morgan fingerprint density at radius 2 is 1.61 bits per heavy atom. The van der Waals surface area contributed by atoms with Crippen LogP contribution in [0.3, 0.4) is 0 Å². The molecule has 1 aliphatic carbocycles. The van der Waals surface area contributed by atoms with E-state index in [1.807, 2.05) is 13.0 Å². The first-order chi connectivity index (χ1) is 17.1. The molecule has 2 aromatic carbocycles. The quantitative estimate of drug-likeness (QED) is 0.172. The summed E-state index contributed by atoms with van der Waals surface area (Å²) in [6.07, 6.45) is 2.72. The van der Waals surface area contributed by atoms with Gasteiger partial charge in [0.25, 0.3) is 17.7 Å². The maximum Gasteiger partial charge on any atom is 0.273 e. The number of benzene rings is 2. The molecule has 1 aliphatic heterocycles. The molecule has 0 aromatic heterocycles. The van der Waals surface area contributed by atoms with Gasteiger partial charge in [-0.25, -0.2) is 5.01 Å². The first kappa shape index (κ1) is 26.7. The van der Waals surface area contributed by atoms with Gasteiger partial charge in [-0.05, 0) is 68.7 Å². The number of ketones is 1. The summed E-state index contributed by atoms with van der Waals surface area (Å²) in [7, 11) is 0. The maximum absolute atomic E-state index is 13.9. The van der Waals surface area contributed by atoms with Crippen molar-refractivity contribution in [3.8, 4) is 0 Å². The van der Waals surface area contributed by atoms with Gasteiger partial charge in [0, 0.05) is 22.0 Å². The number of amides is 3. The molecule has 3 atom stereocenters. The molecule has 36 heavy (non-hydrogen) atoms. The molecule has 1 saturated heterocycles. The van der Waals surface area contributed by atoms with Crippen molar-refractivity contribution in [3.63, 3.8) is 0 Å². The van der Waals surface area contributed by atoms with Gasteiger partial charge >= 0.3 is 0 Å². The molecule has 0 radical (unpaired) electrons. The van der Waals surface area contributed by atoms with Gasteiger partial charge in [0.2, 0.25) is 0 Å². The highest BCUT2D eigenvalue weighted by atomic mass is 35.5. The number of imide groups is 1.